The minimum atomic E-state index is -0.964. The van der Waals surface area contributed by atoms with E-state index in [-0.39, 0.29) is 18.2 Å². The van der Waals surface area contributed by atoms with Gasteiger partial charge in [0.15, 0.2) is 0 Å². The van der Waals surface area contributed by atoms with Crippen LogP contribution in [-0.4, -0.2) is 17.0 Å². The molecule has 1 aliphatic carbocycles. The fourth-order valence-electron chi connectivity index (χ4n) is 2.14. The first-order valence-corrected chi connectivity index (χ1v) is 6.63. The summed E-state index contributed by atoms with van der Waals surface area (Å²) in [5.74, 6) is -0.650. The number of benzene rings is 1. The molecule has 19 heavy (non-hydrogen) atoms. The third-order valence-corrected chi connectivity index (χ3v) is 3.77. The van der Waals surface area contributed by atoms with E-state index in [1.807, 2.05) is 6.92 Å². The second-order valence-electron chi connectivity index (χ2n) is 5.00. The van der Waals surface area contributed by atoms with E-state index >= 15 is 0 Å². The normalized spacial score (nSPS) is 22.6. The van der Waals surface area contributed by atoms with Gasteiger partial charge in [-0.05, 0) is 24.0 Å². The summed E-state index contributed by atoms with van der Waals surface area (Å²) < 4.78 is 0. The molecule has 0 bridgehead atoms. The number of hydrogen-bond donors (Lipinski definition) is 2. The van der Waals surface area contributed by atoms with E-state index in [0.29, 0.717) is 16.5 Å². The lowest BCUT2D eigenvalue weighted by Crippen LogP contribution is -2.31. The third-order valence-electron chi connectivity index (χ3n) is 3.42. The first-order valence-electron chi connectivity index (χ1n) is 6.25. The van der Waals surface area contributed by atoms with E-state index in [1.54, 1.807) is 24.3 Å². The molecule has 2 rings (SSSR count). The number of carboxylic acids is 1. The number of amides is 1. The molecular weight excluding hydrogens is 266 g/mol. The Morgan fingerprint density at radius 1 is 1.47 bits per heavy atom. The Morgan fingerprint density at radius 3 is 2.63 bits per heavy atom. The van der Waals surface area contributed by atoms with Crippen molar-refractivity contribution in [1.82, 2.24) is 5.32 Å². The van der Waals surface area contributed by atoms with Crippen LogP contribution < -0.4 is 5.32 Å². The van der Waals surface area contributed by atoms with Crippen LogP contribution in [0.25, 0.3) is 0 Å². The second kappa shape index (κ2) is 5.61. The van der Waals surface area contributed by atoms with Gasteiger partial charge in [0.2, 0.25) is 5.91 Å². The molecule has 3 atom stereocenters. The summed E-state index contributed by atoms with van der Waals surface area (Å²) in [6.45, 7) is 2.01. The number of rotatable bonds is 5. The number of carbonyl (C=O) groups is 2. The molecule has 0 aromatic heterocycles. The van der Waals surface area contributed by atoms with Crippen molar-refractivity contribution in [2.75, 3.05) is 0 Å². The Hall–Kier alpha value is -1.55. The molecule has 3 unspecified atom stereocenters. The van der Waals surface area contributed by atoms with Gasteiger partial charge in [-0.2, -0.15) is 0 Å². The summed E-state index contributed by atoms with van der Waals surface area (Å²) in [5, 5.41) is 12.2. The summed E-state index contributed by atoms with van der Waals surface area (Å²) in [6, 6.07) is 6.41. The van der Waals surface area contributed by atoms with Crippen molar-refractivity contribution in [2.24, 2.45) is 11.8 Å². The molecule has 0 heterocycles. The Bertz CT molecular complexity index is 503. The summed E-state index contributed by atoms with van der Waals surface area (Å²) in [6.07, 6.45) is 0.699. The lowest BCUT2D eigenvalue weighted by molar-refractivity contribution is -0.137. The number of carbonyl (C=O) groups excluding carboxylic acids is 1. The van der Waals surface area contributed by atoms with E-state index in [4.69, 9.17) is 16.7 Å². The zero-order valence-corrected chi connectivity index (χ0v) is 11.4. The largest absolute Gasteiger partial charge is 0.481 e. The van der Waals surface area contributed by atoms with E-state index in [0.717, 1.165) is 6.42 Å². The second-order valence-corrected chi connectivity index (χ2v) is 5.41. The monoisotopic (exact) mass is 281 g/mol. The number of halogens is 1. The zero-order valence-electron chi connectivity index (χ0n) is 10.6. The van der Waals surface area contributed by atoms with Crippen LogP contribution in [0.15, 0.2) is 24.3 Å². The minimum absolute atomic E-state index is 0.0128. The maximum absolute atomic E-state index is 11.9. The number of hydrogen-bond acceptors (Lipinski definition) is 2. The van der Waals surface area contributed by atoms with Crippen molar-refractivity contribution < 1.29 is 14.7 Å². The van der Waals surface area contributed by atoms with Gasteiger partial charge in [-0.3, -0.25) is 9.59 Å². The lowest BCUT2D eigenvalue weighted by atomic mass is 10.0. The van der Waals surface area contributed by atoms with Crippen molar-refractivity contribution >= 4 is 23.5 Å². The molecule has 1 fully saturated rings. The average Bonchev–Trinajstić information content (AvgIpc) is 3.06. The molecule has 1 aromatic carbocycles. The van der Waals surface area contributed by atoms with Gasteiger partial charge in [-0.25, -0.2) is 0 Å². The summed E-state index contributed by atoms with van der Waals surface area (Å²) in [7, 11) is 0. The van der Waals surface area contributed by atoms with Gasteiger partial charge < -0.3 is 10.4 Å². The molecular formula is C14H16ClNO3. The van der Waals surface area contributed by atoms with Crippen molar-refractivity contribution in [3.8, 4) is 0 Å². The predicted octanol–water partition coefficient (Wildman–Crippen LogP) is 2.63. The van der Waals surface area contributed by atoms with Crippen LogP contribution in [0.5, 0.6) is 0 Å². The van der Waals surface area contributed by atoms with Crippen LogP contribution in [0.3, 0.4) is 0 Å². The molecule has 0 radical (unpaired) electrons. The Labute approximate surface area is 116 Å². The molecule has 0 saturated heterocycles. The van der Waals surface area contributed by atoms with E-state index in [9.17, 15) is 9.59 Å². The molecule has 1 saturated carbocycles. The molecule has 1 aromatic rings. The maximum Gasteiger partial charge on any atom is 0.305 e. The van der Waals surface area contributed by atoms with Gasteiger partial charge in [0.1, 0.15) is 0 Å². The number of nitrogens with one attached hydrogen (secondary N) is 1. The Balaban J connectivity index is 2.14. The van der Waals surface area contributed by atoms with Crippen LogP contribution in [-0.2, 0) is 9.59 Å². The van der Waals surface area contributed by atoms with Crippen molar-refractivity contribution in [3.05, 3.63) is 34.9 Å². The fourth-order valence-corrected chi connectivity index (χ4v) is 2.40. The summed E-state index contributed by atoms with van der Waals surface area (Å²) >= 11 is 6.07. The number of aliphatic carboxylic acids is 1. The first kappa shape index (κ1) is 13.9. The van der Waals surface area contributed by atoms with Crippen LogP contribution >= 0.6 is 11.6 Å². The molecule has 5 heteroatoms. The van der Waals surface area contributed by atoms with Gasteiger partial charge in [0.25, 0.3) is 0 Å². The lowest BCUT2D eigenvalue weighted by Gasteiger charge is -2.18. The predicted molar refractivity (Wildman–Crippen MR) is 71.9 cm³/mol. The van der Waals surface area contributed by atoms with Gasteiger partial charge >= 0.3 is 5.97 Å². The molecule has 102 valence electrons. The summed E-state index contributed by atoms with van der Waals surface area (Å²) in [5.41, 5.74) is 0.646. The third kappa shape index (κ3) is 3.47. The standard InChI is InChI=1S/C14H16ClNO3/c1-8-6-10(8)14(19)16-12(7-13(17)18)9-4-2-3-5-11(9)15/h2-5,8,10,12H,6-7H2,1H3,(H,16,19)(H,17,18). The highest BCUT2D eigenvalue weighted by atomic mass is 35.5. The number of carboxylic acid groups (broad SMARTS) is 1. The van der Waals surface area contributed by atoms with Crippen LogP contribution in [0.1, 0.15) is 31.4 Å². The summed E-state index contributed by atoms with van der Waals surface area (Å²) in [4.78, 5) is 22.9. The topological polar surface area (TPSA) is 66.4 Å². The highest BCUT2D eigenvalue weighted by Gasteiger charge is 2.40. The minimum Gasteiger partial charge on any atom is -0.481 e. The van der Waals surface area contributed by atoms with Gasteiger partial charge in [0.05, 0.1) is 12.5 Å². The molecule has 1 amide bonds. The quantitative estimate of drug-likeness (QED) is 0.872. The van der Waals surface area contributed by atoms with Crippen molar-refractivity contribution in [2.45, 2.75) is 25.8 Å². The fraction of sp³-hybridized carbons (Fsp3) is 0.429. The van der Waals surface area contributed by atoms with Crippen LogP contribution in [0.2, 0.25) is 5.02 Å². The van der Waals surface area contributed by atoms with Gasteiger partial charge in [0, 0.05) is 10.9 Å². The van der Waals surface area contributed by atoms with Crippen molar-refractivity contribution in [3.63, 3.8) is 0 Å². The molecule has 2 N–H and O–H groups in total. The van der Waals surface area contributed by atoms with E-state index in [1.165, 1.54) is 0 Å². The smallest absolute Gasteiger partial charge is 0.305 e. The van der Waals surface area contributed by atoms with Crippen molar-refractivity contribution in [1.29, 1.82) is 0 Å². The van der Waals surface area contributed by atoms with E-state index < -0.39 is 12.0 Å². The maximum atomic E-state index is 11.9. The Kier molecular flexibility index (Phi) is 4.10. The molecule has 0 spiro atoms. The first-order chi connectivity index (χ1) is 8.99. The SMILES string of the molecule is CC1CC1C(=O)NC(CC(=O)O)c1ccccc1Cl. The molecule has 4 nitrogen and oxygen atoms in total. The van der Waals surface area contributed by atoms with Crippen LogP contribution in [0.4, 0.5) is 0 Å². The van der Waals surface area contributed by atoms with Crippen LogP contribution in [0, 0.1) is 11.8 Å². The zero-order chi connectivity index (χ0) is 14.0. The highest BCUT2D eigenvalue weighted by Crippen LogP contribution is 2.38. The molecule has 0 aliphatic heterocycles. The molecule has 1 aliphatic rings. The average molecular weight is 282 g/mol. The highest BCUT2D eigenvalue weighted by molar-refractivity contribution is 6.31. The van der Waals surface area contributed by atoms with Gasteiger partial charge in [-0.15, -0.1) is 0 Å². The van der Waals surface area contributed by atoms with Gasteiger partial charge in [-0.1, -0.05) is 36.7 Å². The van der Waals surface area contributed by atoms with E-state index in [2.05, 4.69) is 5.32 Å². The Morgan fingerprint density at radius 2 is 2.11 bits per heavy atom.